The van der Waals surface area contributed by atoms with E-state index < -0.39 is 0 Å². The molecule has 0 unspecified atom stereocenters. The molecule has 0 amide bonds. The van der Waals surface area contributed by atoms with Crippen molar-refractivity contribution < 1.29 is 0 Å². The largest absolute Gasteiger partial charge is 0.311 e. The highest BCUT2D eigenvalue weighted by atomic mass is 15.0. The lowest BCUT2D eigenvalue weighted by molar-refractivity contribution is 0.228. The van der Waals surface area contributed by atoms with E-state index in [2.05, 4.69) is 42.6 Å². The van der Waals surface area contributed by atoms with Crippen molar-refractivity contribution in [2.75, 3.05) is 0 Å². The maximum Gasteiger partial charge on any atom is 0.00813 e. The van der Waals surface area contributed by atoms with Gasteiger partial charge in [-0.3, -0.25) is 0 Å². The van der Waals surface area contributed by atoms with Crippen molar-refractivity contribution in [3.8, 4) is 0 Å². The van der Waals surface area contributed by atoms with E-state index in [0.717, 1.165) is 23.9 Å². The zero-order valence-electron chi connectivity index (χ0n) is 12.9. The SMILES string of the molecule is C[C@@H](NC1CC(c2ccccc2)C1)C1CCCCCC1. The minimum atomic E-state index is 0.717. The fourth-order valence-electron chi connectivity index (χ4n) is 4.07. The predicted molar refractivity (Wildman–Crippen MR) is 86.0 cm³/mol. The van der Waals surface area contributed by atoms with Gasteiger partial charge in [-0.1, -0.05) is 56.0 Å². The monoisotopic (exact) mass is 271 g/mol. The molecule has 0 spiro atoms. The predicted octanol–water partition coefficient (Wildman–Crippen LogP) is 4.88. The number of nitrogens with one attached hydrogen (secondary N) is 1. The first-order valence-electron chi connectivity index (χ1n) is 8.64. The number of benzene rings is 1. The van der Waals surface area contributed by atoms with Crippen LogP contribution in [0.2, 0.25) is 0 Å². The van der Waals surface area contributed by atoms with E-state index in [0.29, 0.717) is 0 Å². The summed E-state index contributed by atoms with van der Waals surface area (Å²) >= 11 is 0. The Morgan fingerprint density at radius 1 is 0.950 bits per heavy atom. The van der Waals surface area contributed by atoms with Crippen LogP contribution >= 0.6 is 0 Å². The van der Waals surface area contributed by atoms with Crippen LogP contribution in [-0.4, -0.2) is 12.1 Å². The molecular weight excluding hydrogens is 242 g/mol. The van der Waals surface area contributed by atoms with Gasteiger partial charge in [-0.05, 0) is 50.0 Å². The van der Waals surface area contributed by atoms with E-state index in [4.69, 9.17) is 0 Å². The third-order valence-electron chi connectivity index (χ3n) is 5.51. The Labute approximate surface area is 124 Å². The average molecular weight is 271 g/mol. The summed E-state index contributed by atoms with van der Waals surface area (Å²) in [5.41, 5.74) is 1.53. The highest BCUT2D eigenvalue weighted by Gasteiger charge is 2.32. The lowest BCUT2D eigenvalue weighted by Crippen LogP contribution is -2.47. The Bertz CT molecular complexity index is 385. The summed E-state index contributed by atoms with van der Waals surface area (Å²) in [4.78, 5) is 0. The van der Waals surface area contributed by atoms with Gasteiger partial charge in [-0.25, -0.2) is 0 Å². The Morgan fingerprint density at radius 3 is 2.25 bits per heavy atom. The topological polar surface area (TPSA) is 12.0 Å². The molecule has 110 valence electrons. The van der Waals surface area contributed by atoms with Crippen LogP contribution in [0.5, 0.6) is 0 Å². The highest BCUT2D eigenvalue weighted by molar-refractivity contribution is 5.22. The second kappa shape index (κ2) is 6.76. The number of rotatable bonds is 4. The molecule has 3 rings (SSSR count). The van der Waals surface area contributed by atoms with Crippen LogP contribution in [0.4, 0.5) is 0 Å². The van der Waals surface area contributed by atoms with Crippen molar-refractivity contribution in [2.45, 2.75) is 76.3 Å². The first kappa shape index (κ1) is 14.1. The van der Waals surface area contributed by atoms with Crippen molar-refractivity contribution in [1.29, 1.82) is 0 Å². The van der Waals surface area contributed by atoms with E-state index in [1.54, 1.807) is 0 Å². The molecule has 1 N–H and O–H groups in total. The van der Waals surface area contributed by atoms with E-state index >= 15 is 0 Å². The van der Waals surface area contributed by atoms with Crippen LogP contribution in [0, 0.1) is 5.92 Å². The molecule has 0 bridgehead atoms. The summed E-state index contributed by atoms with van der Waals surface area (Å²) in [5.74, 6) is 1.73. The molecule has 0 heterocycles. The quantitative estimate of drug-likeness (QED) is 0.769. The van der Waals surface area contributed by atoms with Crippen LogP contribution in [0.15, 0.2) is 30.3 Å². The summed E-state index contributed by atoms with van der Waals surface area (Å²) in [6.07, 6.45) is 11.4. The second-order valence-electron chi connectivity index (χ2n) is 6.98. The van der Waals surface area contributed by atoms with Gasteiger partial charge in [0.25, 0.3) is 0 Å². The van der Waals surface area contributed by atoms with Crippen LogP contribution in [0.25, 0.3) is 0 Å². The van der Waals surface area contributed by atoms with Gasteiger partial charge in [0.05, 0.1) is 0 Å². The summed E-state index contributed by atoms with van der Waals surface area (Å²) in [6.45, 7) is 2.42. The van der Waals surface area contributed by atoms with Crippen molar-refractivity contribution in [3.05, 3.63) is 35.9 Å². The summed E-state index contributed by atoms with van der Waals surface area (Å²) in [7, 11) is 0. The Kier molecular flexibility index (Phi) is 4.77. The molecule has 0 radical (unpaired) electrons. The van der Waals surface area contributed by atoms with Gasteiger partial charge in [0.2, 0.25) is 0 Å². The number of hydrogen-bond donors (Lipinski definition) is 1. The van der Waals surface area contributed by atoms with E-state index in [9.17, 15) is 0 Å². The smallest absolute Gasteiger partial charge is 0.00813 e. The van der Waals surface area contributed by atoms with E-state index in [1.165, 1.54) is 56.9 Å². The van der Waals surface area contributed by atoms with Crippen LogP contribution in [0.1, 0.15) is 69.8 Å². The van der Waals surface area contributed by atoms with Gasteiger partial charge < -0.3 is 5.32 Å². The number of hydrogen-bond acceptors (Lipinski definition) is 1. The third kappa shape index (κ3) is 3.44. The molecule has 2 fully saturated rings. The van der Waals surface area contributed by atoms with Gasteiger partial charge in [0.15, 0.2) is 0 Å². The van der Waals surface area contributed by atoms with Crippen molar-refractivity contribution in [3.63, 3.8) is 0 Å². The molecular formula is C19H29N. The van der Waals surface area contributed by atoms with Gasteiger partial charge in [-0.2, -0.15) is 0 Å². The molecule has 1 aromatic carbocycles. The van der Waals surface area contributed by atoms with Crippen molar-refractivity contribution >= 4 is 0 Å². The summed E-state index contributed by atoms with van der Waals surface area (Å²) in [6, 6.07) is 12.5. The highest BCUT2D eigenvalue weighted by Crippen LogP contribution is 2.37. The molecule has 1 aromatic rings. The van der Waals surface area contributed by atoms with Gasteiger partial charge in [-0.15, -0.1) is 0 Å². The molecule has 0 aromatic heterocycles. The van der Waals surface area contributed by atoms with Gasteiger partial charge >= 0.3 is 0 Å². The van der Waals surface area contributed by atoms with E-state index in [-0.39, 0.29) is 0 Å². The standard InChI is InChI=1S/C19H29N/c1-15(16-9-5-2-3-6-10-16)20-19-13-18(14-19)17-11-7-4-8-12-17/h4,7-8,11-12,15-16,18-20H,2-3,5-6,9-10,13-14H2,1H3/t15-,18?,19?/m1/s1. The molecule has 0 aliphatic heterocycles. The fourth-order valence-corrected chi connectivity index (χ4v) is 4.07. The molecule has 20 heavy (non-hydrogen) atoms. The molecule has 1 nitrogen and oxygen atoms in total. The maximum absolute atomic E-state index is 3.91. The molecule has 1 heteroatoms. The molecule has 2 saturated carbocycles. The van der Waals surface area contributed by atoms with Crippen LogP contribution in [-0.2, 0) is 0 Å². The minimum absolute atomic E-state index is 0.717. The lowest BCUT2D eigenvalue weighted by Gasteiger charge is -2.39. The molecule has 2 aliphatic carbocycles. The second-order valence-corrected chi connectivity index (χ2v) is 6.98. The van der Waals surface area contributed by atoms with Gasteiger partial charge in [0.1, 0.15) is 0 Å². The first-order valence-corrected chi connectivity index (χ1v) is 8.64. The van der Waals surface area contributed by atoms with Crippen molar-refractivity contribution in [2.24, 2.45) is 5.92 Å². The Balaban J connectivity index is 1.44. The lowest BCUT2D eigenvalue weighted by atomic mass is 9.75. The normalized spacial score (nSPS) is 29.4. The molecule has 2 aliphatic rings. The summed E-state index contributed by atoms with van der Waals surface area (Å²) < 4.78 is 0. The average Bonchev–Trinajstić information content (AvgIpc) is 2.72. The van der Waals surface area contributed by atoms with Crippen molar-refractivity contribution in [1.82, 2.24) is 5.32 Å². The van der Waals surface area contributed by atoms with Crippen LogP contribution in [0.3, 0.4) is 0 Å². The zero-order chi connectivity index (χ0) is 13.8. The minimum Gasteiger partial charge on any atom is -0.311 e. The molecule has 0 saturated heterocycles. The molecule has 1 atom stereocenters. The first-order chi connectivity index (χ1) is 9.83. The third-order valence-corrected chi connectivity index (χ3v) is 5.51. The fraction of sp³-hybridized carbons (Fsp3) is 0.684. The Hall–Kier alpha value is -0.820. The van der Waals surface area contributed by atoms with E-state index in [1.807, 2.05) is 0 Å². The van der Waals surface area contributed by atoms with Crippen LogP contribution < -0.4 is 5.32 Å². The van der Waals surface area contributed by atoms with Gasteiger partial charge in [0, 0.05) is 12.1 Å². The Morgan fingerprint density at radius 2 is 1.60 bits per heavy atom. The maximum atomic E-state index is 3.91. The summed E-state index contributed by atoms with van der Waals surface area (Å²) in [5, 5.41) is 3.91. The zero-order valence-corrected chi connectivity index (χ0v) is 12.9.